The standard InChI is InChI=1S/C30H24O2S2/c1-3-7-21(8-4-1)31-17-23-15-19-11-13-25-27(29(19)33-23)26-14-12-20-16-24(34-30(20)28(25)26)18-32-22-9-5-2-6-10-22/h1-15,24,26,28H,16-18H2. The summed E-state index contributed by atoms with van der Waals surface area (Å²) >= 11 is 3.94. The summed E-state index contributed by atoms with van der Waals surface area (Å²) in [6, 6.07) is 27.2. The van der Waals surface area contributed by atoms with Gasteiger partial charge in [-0.1, -0.05) is 60.7 Å². The third-order valence-electron chi connectivity index (χ3n) is 6.99. The molecule has 0 saturated carbocycles. The maximum absolute atomic E-state index is 6.08. The lowest BCUT2D eigenvalue weighted by Crippen LogP contribution is -2.25. The summed E-state index contributed by atoms with van der Waals surface area (Å²) in [5.41, 5.74) is 4.57. The van der Waals surface area contributed by atoms with Crippen LogP contribution in [0.4, 0.5) is 0 Å². The molecule has 0 saturated heterocycles. The zero-order chi connectivity index (χ0) is 22.5. The third-order valence-corrected chi connectivity index (χ3v) is 9.55. The molecule has 3 aliphatic rings. The molecular weight excluding hydrogens is 456 g/mol. The van der Waals surface area contributed by atoms with E-state index < -0.39 is 0 Å². The molecule has 2 heterocycles. The van der Waals surface area contributed by atoms with Gasteiger partial charge in [0.15, 0.2) is 0 Å². The molecule has 0 spiro atoms. The van der Waals surface area contributed by atoms with E-state index in [0.717, 1.165) is 24.5 Å². The second-order valence-electron chi connectivity index (χ2n) is 9.12. The highest BCUT2D eigenvalue weighted by Gasteiger charge is 2.45. The SMILES string of the molecule is C1=CC2c3c(ccc4cc(COc5ccccc5)sc34)C2C2=C1CC(COc1ccccc1)S2. The first kappa shape index (κ1) is 20.4. The fourth-order valence-electron chi connectivity index (χ4n) is 5.41. The molecule has 3 atom stereocenters. The normalized spacial score (nSPS) is 22.2. The first-order valence-electron chi connectivity index (χ1n) is 11.8. The number of hydrogen-bond acceptors (Lipinski definition) is 4. The van der Waals surface area contributed by atoms with Gasteiger partial charge in [0.1, 0.15) is 24.7 Å². The molecule has 0 amide bonds. The summed E-state index contributed by atoms with van der Waals surface area (Å²) in [5.74, 6) is 2.91. The number of benzene rings is 3. The van der Waals surface area contributed by atoms with Gasteiger partial charge in [0.25, 0.3) is 0 Å². The van der Waals surface area contributed by atoms with Crippen molar-refractivity contribution < 1.29 is 9.47 Å². The molecule has 7 rings (SSSR count). The Morgan fingerprint density at radius 3 is 2.41 bits per heavy atom. The molecular formula is C30H24O2S2. The summed E-state index contributed by atoms with van der Waals surface area (Å²) in [5, 5.41) is 1.83. The van der Waals surface area contributed by atoms with Gasteiger partial charge in [0.05, 0.1) is 0 Å². The average Bonchev–Trinajstić information content (AvgIpc) is 3.47. The number of fused-ring (bicyclic) bond motifs is 7. The van der Waals surface area contributed by atoms with Gasteiger partial charge in [-0.3, -0.25) is 0 Å². The van der Waals surface area contributed by atoms with Crippen LogP contribution in [0.3, 0.4) is 0 Å². The minimum absolute atomic E-state index is 0.491. The van der Waals surface area contributed by atoms with Gasteiger partial charge in [0.2, 0.25) is 0 Å². The fourth-order valence-corrected chi connectivity index (χ4v) is 8.07. The van der Waals surface area contributed by atoms with Crippen molar-refractivity contribution in [2.45, 2.75) is 30.1 Å². The van der Waals surface area contributed by atoms with Crippen LogP contribution < -0.4 is 9.47 Å². The lowest BCUT2D eigenvalue weighted by molar-refractivity contribution is 0.310. The monoisotopic (exact) mass is 480 g/mol. The number of para-hydroxylation sites is 2. The van der Waals surface area contributed by atoms with E-state index >= 15 is 0 Å². The van der Waals surface area contributed by atoms with Gasteiger partial charge in [0, 0.05) is 26.7 Å². The van der Waals surface area contributed by atoms with Gasteiger partial charge in [-0.25, -0.2) is 0 Å². The Bertz CT molecular complexity index is 1420. The number of ether oxygens (including phenoxy) is 2. The van der Waals surface area contributed by atoms with E-state index in [1.54, 1.807) is 4.91 Å². The Morgan fingerprint density at radius 2 is 1.62 bits per heavy atom. The topological polar surface area (TPSA) is 18.5 Å². The van der Waals surface area contributed by atoms with E-state index in [9.17, 15) is 0 Å². The van der Waals surface area contributed by atoms with Crippen molar-refractivity contribution in [3.8, 4) is 11.5 Å². The average molecular weight is 481 g/mol. The largest absolute Gasteiger partial charge is 0.492 e. The Labute approximate surface area is 207 Å². The molecule has 0 N–H and O–H groups in total. The first-order chi connectivity index (χ1) is 16.8. The first-order valence-corrected chi connectivity index (χ1v) is 13.5. The van der Waals surface area contributed by atoms with Crippen LogP contribution in [-0.4, -0.2) is 11.9 Å². The quantitative estimate of drug-likeness (QED) is 0.278. The summed E-state index contributed by atoms with van der Waals surface area (Å²) in [6.07, 6.45) is 5.94. The second-order valence-corrected chi connectivity index (χ2v) is 11.6. The Hall–Kier alpha value is -2.95. The van der Waals surface area contributed by atoms with Crippen molar-refractivity contribution in [1.29, 1.82) is 0 Å². The highest BCUT2D eigenvalue weighted by molar-refractivity contribution is 8.04. The Kier molecular flexibility index (Phi) is 5.03. The molecule has 4 aromatic rings. The van der Waals surface area contributed by atoms with Gasteiger partial charge in [-0.15, -0.1) is 23.1 Å². The van der Waals surface area contributed by atoms with Crippen LogP contribution in [0.5, 0.6) is 11.5 Å². The van der Waals surface area contributed by atoms with E-state index in [1.807, 2.05) is 83.8 Å². The molecule has 1 aromatic heterocycles. The van der Waals surface area contributed by atoms with E-state index in [0.29, 0.717) is 23.7 Å². The molecule has 3 aromatic carbocycles. The van der Waals surface area contributed by atoms with Crippen LogP contribution in [0.2, 0.25) is 0 Å². The lowest BCUT2D eigenvalue weighted by atomic mass is 9.64. The molecule has 3 unspecified atom stereocenters. The molecule has 4 heteroatoms. The minimum atomic E-state index is 0.491. The van der Waals surface area contributed by atoms with Crippen LogP contribution in [-0.2, 0) is 6.61 Å². The van der Waals surface area contributed by atoms with E-state index in [-0.39, 0.29) is 0 Å². The Balaban J connectivity index is 1.09. The number of thioether (sulfide) groups is 1. The molecule has 34 heavy (non-hydrogen) atoms. The predicted octanol–water partition coefficient (Wildman–Crippen LogP) is 8.07. The lowest BCUT2D eigenvalue weighted by Gasteiger charge is -2.41. The Morgan fingerprint density at radius 1 is 0.853 bits per heavy atom. The van der Waals surface area contributed by atoms with Gasteiger partial charge in [-0.05, 0) is 63.7 Å². The van der Waals surface area contributed by atoms with Crippen molar-refractivity contribution >= 4 is 33.2 Å². The van der Waals surface area contributed by atoms with Gasteiger partial charge in [-0.2, -0.15) is 0 Å². The van der Waals surface area contributed by atoms with E-state index in [2.05, 4.69) is 30.4 Å². The van der Waals surface area contributed by atoms with Crippen molar-refractivity contribution in [1.82, 2.24) is 0 Å². The fraction of sp³-hybridized carbons (Fsp3) is 0.200. The maximum atomic E-state index is 6.08. The van der Waals surface area contributed by atoms with E-state index in [4.69, 9.17) is 9.47 Å². The predicted molar refractivity (Wildman–Crippen MR) is 142 cm³/mol. The minimum Gasteiger partial charge on any atom is -0.492 e. The van der Waals surface area contributed by atoms with Crippen molar-refractivity contribution in [2.24, 2.45) is 0 Å². The molecule has 2 nitrogen and oxygen atoms in total. The van der Waals surface area contributed by atoms with Crippen LogP contribution in [0.25, 0.3) is 10.1 Å². The smallest absolute Gasteiger partial charge is 0.122 e. The number of hydrogen-bond donors (Lipinski definition) is 0. The highest BCUT2D eigenvalue weighted by Crippen LogP contribution is 2.62. The zero-order valence-electron chi connectivity index (χ0n) is 18.6. The molecule has 0 fully saturated rings. The second kappa shape index (κ2) is 8.37. The summed E-state index contributed by atoms with van der Waals surface area (Å²) < 4.78 is 13.5. The van der Waals surface area contributed by atoms with Crippen molar-refractivity contribution in [2.75, 3.05) is 6.61 Å². The summed E-state index contributed by atoms with van der Waals surface area (Å²) in [6.45, 7) is 1.38. The summed E-state index contributed by atoms with van der Waals surface area (Å²) in [7, 11) is 0. The van der Waals surface area contributed by atoms with Crippen LogP contribution in [0.1, 0.15) is 34.3 Å². The number of rotatable bonds is 6. The van der Waals surface area contributed by atoms with Crippen molar-refractivity contribution in [3.63, 3.8) is 0 Å². The molecule has 1 aliphatic heterocycles. The van der Waals surface area contributed by atoms with Crippen LogP contribution in [0.15, 0.2) is 101 Å². The summed E-state index contributed by atoms with van der Waals surface area (Å²) in [4.78, 5) is 2.86. The van der Waals surface area contributed by atoms with Crippen molar-refractivity contribution in [3.05, 3.63) is 117 Å². The zero-order valence-corrected chi connectivity index (χ0v) is 20.3. The molecule has 168 valence electrons. The number of allylic oxidation sites excluding steroid dienone is 4. The van der Waals surface area contributed by atoms with Crippen LogP contribution >= 0.6 is 23.1 Å². The highest BCUT2D eigenvalue weighted by atomic mass is 32.2. The maximum Gasteiger partial charge on any atom is 0.122 e. The van der Waals surface area contributed by atoms with Gasteiger partial charge < -0.3 is 9.47 Å². The molecule has 0 bridgehead atoms. The number of thiophene rings is 1. The van der Waals surface area contributed by atoms with Crippen LogP contribution in [0, 0.1) is 0 Å². The van der Waals surface area contributed by atoms with Gasteiger partial charge >= 0.3 is 0 Å². The molecule has 0 radical (unpaired) electrons. The van der Waals surface area contributed by atoms with E-state index in [1.165, 1.54) is 31.7 Å². The third kappa shape index (κ3) is 3.48. The molecule has 2 aliphatic carbocycles.